The van der Waals surface area contributed by atoms with Gasteiger partial charge in [-0.25, -0.2) is 4.98 Å². The SMILES string of the molecule is Cc1nc(C)c(C(=O)N(C)CC(=O)N2CCCC(C(=O)O)C2)s1. The van der Waals surface area contributed by atoms with E-state index in [2.05, 4.69) is 4.98 Å². The number of carbonyl (C=O) groups is 3. The van der Waals surface area contributed by atoms with Gasteiger partial charge >= 0.3 is 5.97 Å². The fraction of sp³-hybridized carbons (Fsp3) is 0.600. The maximum atomic E-state index is 12.4. The molecule has 2 heterocycles. The van der Waals surface area contributed by atoms with Crippen LogP contribution in [-0.2, 0) is 9.59 Å². The molecule has 1 unspecified atom stereocenters. The molecule has 2 rings (SSSR count). The van der Waals surface area contributed by atoms with Crippen molar-refractivity contribution in [1.82, 2.24) is 14.8 Å². The second-order valence-corrected chi connectivity index (χ2v) is 7.03. The van der Waals surface area contributed by atoms with Crippen LogP contribution < -0.4 is 0 Å². The molecule has 1 aromatic rings. The van der Waals surface area contributed by atoms with Crippen molar-refractivity contribution in [2.24, 2.45) is 5.92 Å². The molecule has 7 nitrogen and oxygen atoms in total. The number of thiazole rings is 1. The summed E-state index contributed by atoms with van der Waals surface area (Å²) in [5, 5.41) is 9.89. The number of likely N-dealkylation sites (N-methyl/N-ethyl adjacent to an activating group) is 1. The van der Waals surface area contributed by atoms with Crippen molar-refractivity contribution in [3.63, 3.8) is 0 Å². The number of aliphatic carboxylic acids is 1. The molecule has 1 fully saturated rings. The molecule has 126 valence electrons. The van der Waals surface area contributed by atoms with Crippen LogP contribution in [0.5, 0.6) is 0 Å². The van der Waals surface area contributed by atoms with E-state index in [0.29, 0.717) is 30.0 Å². The highest BCUT2D eigenvalue weighted by Gasteiger charge is 2.29. The fourth-order valence-electron chi connectivity index (χ4n) is 2.68. The summed E-state index contributed by atoms with van der Waals surface area (Å²) in [5.41, 5.74) is 0.667. The molecule has 23 heavy (non-hydrogen) atoms. The van der Waals surface area contributed by atoms with E-state index < -0.39 is 11.9 Å². The van der Waals surface area contributed by atoms with Crippen LogP contribution >= 0.6 is 11.3 Å². The number of hydrogen-bond donors (Lipinski definition) is 1. The van der Waals surface area contributed by atoms with Crippen LogP contribution in [0.2, 0.25) is 0 Å². The number of carboxylic acids is 1. The van der Waals surface area contributed by atoms with E-state index in [1.807, 2.05) is 6.92 Å². The van der Waals surface area contributed by atoms with E-state index in [4.69, 9.17) is 5.11 Å². The third kappa shape index (κ3) is 4.07. The number of aryl methyl sites for hydroxylation is 2. The van der Waals surface area contributed by atoms with Crippen molar-refractivity contribution < 1.29 is 19.5 Å². The summed E-state index contributed by atoms with van der Waals surface area (Å²) < 4.78 is 0. The van der Waals surface area contributed by atoms with Crippen molar-refractivity contribution >= 4 is 29.1 Å². The smallest absolute Gasteiger partial charge is 0.308 e. The zero-order chi connectivity index (χ0) is 17.1. The Bertz CT molecular complexity index is 628. The Morgan fingerprint density at radius 2 is 2.09 bits per heavy atom. The van der Waals surface area contributed by atoms with Gasteiger partial charge in [-0.1, -0.05) is 0 Å². The Kier molecular flexibility index (Phi) is 5.35. The van der Waals surface area contributed by atoms with Gasteiger partial charge in [0.25, 0.3) is 5.91 Å². The standard InChI is InChI=1S/C15H21N3O4S/c1-9-13(23-10(2)16-9)14(20)17(3)8-12(19)18-6-4-5-11(7-18)15(21)22/h11H,4-8H2,1-3H3,(H,21,22). The zero-order valence-electron chi connectivity index (χ0n) is 13.5. The molecule has 8 heteroatoms. The van der Waals surface area contributed by atoms with Gasteiger partial charge in [0, 0.05) is 20.1 Å². The maximum Gasteiger partial charge on any atom is 0.308 e. The largest absolute Gasteiger partial charge is 0.481 e. The van der Waals surface area contributed by atoms with Gasteiger partial charge in [0.15, 0.2) is 0 Å². The van der Waals surface area contributed by atoms with Crippen molar-refractivity contribution in [3.8, 4) is 0 Å². The number of likely N-dealkylation sites (tertiary alicyclic amines) is 1. The summed E-state index contributed by atoms with van der Waals surface area (Å²) in [7, 11) is 1.58. The number of nitrogens with zero attached hydrogens (tertiary/aromatic N) is 3. The second-order valence-electron chi connectivity index (χ2n) is 5.83. The summed E-state index contributed by atoms with van der Waals surface area (Å²) >= 11 is 1.31. The number of carbonyl (C=O) groups excluding carboxylic acids is 2. The molecule has 1 N–H and O–H groups in total. The minimum Gasteiger partial charge on any atom is -0.481 e. The normalized spacial score (nSPS) is 17.9. The monoisotopic (exact) mass is 339 g/mol. The van der Waals surface area contributed by atoms with E-state index in [1.54, 1.807) is 14.0 Å². The average Bonchev–Trinajstić information content (AvgIpc) is 2.85. The van der Waals surface area contributed by atoms with E-state index in [1.165, 1.54) is 21.1 Å². The van der Waals surface area contributed by atoms with Crippen LogP contribution in [0.4, 0.5) is 0 Å². The molecule has 0 spiro atoms. The highest BCUT2D eigenvalue weighted by molar-refractivity contribution is 7.13. The predicted octanol–water partition coefficient (Wildman–Crippen LogP) is 1.16. The number of rotatable bonds is 4. The predicted molar refractivity (Wildman–Crippen MR) is 85.5 cm³/mol. The molecule has 2 amide bonds. The zero-order valence-corrected chi connectivity index (χ0v) is 14.4. The number of amides is 2. The number of hydrogen-bond acceptors (Lipinski definition) is 5. The lowest BCUT2D eigenvalue weighted by molar-refractivity contribution is -0.145. The number of piperidine rings is 1. The van der Waals surface area contributed by atoms with Crippen LogP contribution in [0.3, 0.4) is 0 Å². The fourth-order valence-corrected chi connectivity index (χ4v) is 3.60. The molecule has 1 saturated heterocycles. The quantitative estimate of drug-likeness (QED) is 0.889. The first kappa shape index (κ1) is 17.4. The first-order valence-electron chi connectivity index (χ1n) is 7.49. The molecule has 1 aliphatic rings. The third-order valence-electron chi connectivity index (χ3n) is 3.94. The minimum atomic E-state index is -0.873. The summed E-state index contributed by atoms with van der Waals surface area (Å²) in [6.45, 7) is 4.31. The molecule has 0 aromatic carbocycles. The van der Waals surface area contributed by atoms with Crippen molar-refractivity contribution in [2.45, 2.75) is 26.7 Å². The van der Waals surface area contributed by atoms with Crippen molar-refractivity contribution in [1.29, 1.82) is 0 Å². The minimum absolute atomic E-state index is 0.0540. The van der Waals surface area contributed by atoms with E-state index in [0.717, 1.165) is 5.01 Å². The first-order valence-corrected chi connectivity index (χ1v) is 8.31. The molecule has 0 bridgehead atoms. The van der Waals surface area contributed by atoms with Gasteiger partial charge in [0.1, 0.15) is 4.88 Å². The van der Waals surface area contributed by atoms with Gasteiger partial charge in [0.2, 0.25) is 5.91 Å². The summed E-state index contributed by atoms with van der Waals surface area (Å²) in [6, 6.07) is 0. The Hall–Kier alpha value is -1.96. The Labute approximate surface area is 138 Å². The summed E-state index contributed by atoms with van der Waals surface area (Å²) in [4.78, 5) is 43.5. The van der Waals surface area contributed by atoms with Crippen LogP contribution in [0.25, 0.3) is 0 Å². The van der Waals surface area contributed by atoms with Gasteiger partial charge in [0.05, 0.1) is 23.2 Å². The molecule has 0 saturated carbocycles. The number of aromatic nitrogens is 1. The Balaban J connectivity index is 1.98. The average molecular weight is 339 g/mol. The molecule has 1 aromatic heterocycles. The Morgan fingerprint density at radius 3 is 2.65 bits per heavy atom. The first-order chi connectivity index (χ1) is 10.8. The van der Waals surface area contributed by atoms with Crippen LogP contribution in [-0.4, -0.2) is 64.4 Å². The van der Waals surface area contributed by atoms with Gasteiger partial charge < -0.3 is 14.9 Å². The van der Waals surface area contributed by atoms with Gasteiger partial charge in [-0.05, 0) is 26.7 Å². The lowest BCUT2D eigenvalue weighted by Crippen LogP contribution is -2.46. The highest BCUT2D eigenvalue weighted by Crippen LogP contribution is 2.20. The Morgan fingerprint density at radius 1 is 1.39 bits per heavy atom. The van der Waals surface area contributed by atoms with Gasteiger partial charge in [-0.3, -0.25) is 14.4 Å². The maximum absolute atomic E-state index is 12.4. The lowest BCUT2D eigenvalue weighted by atomic mass is 9.98. The molecule has 1 aliphatic heterocycles. The lowest BCUT2D eigenvalue weighted by Gasteiger charge is -2.32. The second kappa shape index (κ2) is 7.08. The molecule has 0 radical (unpaired) electrons. The van der Waals surface area contributed by atoms with Gasteiger partial charge in [-0.2, -0.15) is 0 Å². The third-order valence-corrected chi connectivity index (χ3v) is 5.00. The molecular formula is C15H21N3O4S. The summed E-state index contributed by atoms with van der Waals surface area (Å²) in [6.07, 6.45) is 1.26. The number of carboxylic acid groups (broad SMARTS) is 1. The van der Waals surface area contributed by atoms with Crippen LogP contribution in [0, 0.1) is 19.8 Å². The topological polar surface area (TPSA) is 90.8 Å². The van der Waals surface area contributed by atoms with E-state index >= 15 is 0 Å². The van der Waals surface area contributed by atoms with Crippen molar-refractivity contribution in [2.75, 3.05) is 26.7 Å². The molecule has 1 atom stereocenters. The van der Waals surface area contributed by atoms with Crippen LogP contribution in [0.15, 0.2) is 0 Å². The summed E-state index contributed by atoms with van der Waals surface area (Å²) in [5.74, 6) is -1.83. The van der Waals surface area contributed by atoms with Gasteiger partial charge in [-0.15, -0.1) is 11.3 Å². The molecular weight excluding hydrogens is 318 g/mol. The highest BCUT2D eigenvalue weighted by atomic mass is 32.1. The van der Waals surface area contributed by atoms with Crippen molar-refractivity contribution in [3.05, 3.63) is 15.6 Å². The van der Waals surface area contributed by atoms with Crippen LogP contribution in [0.1, 0.15) is 33.2 Å². The van der Waals surface area contributed by atoms with E-state index in [9.17, 15) is 14.4 Å². The molecule has 0 aliphatic carbocycles. The van der Waals surface area contributed by atoms with E-state index in [-0.39, 0.29) is 24.9 Å².